The molecule has 1 amide bonds. The van der Waals surface area contributed by atoms with Crippen molar-refractivity contribution in [2.24, 2.45) is 0 Å². The number of carbonyl (C=O) groups excluding carboxylic acids is 1. The van der Waals surface area contributed by atoms with Crippen LogP contribution in [0.25, 0.3) is 0 Å². The Morgan fingerprint density at radius 2 is 1.78 bits per heavy atom. The molecular formula is C13H17N3O5S2. The summed E-state index contributed by atoms with van der Waals surface area (Å²) in [4.78, 5) is 23.5. The summed E-state index contributed by atoms with van der Waals surface area (Å²) in [5, 5.41) is 10.6. The number of thioether (sulfide) groups is 1. The van der Waals surface area contributed by atoms with E-state index in [1.54, 1.807) is 4.90 Å². The molecule has 1 fully saturated rings. The van der Waals surface area contributed by atoms with Gasteiger partial charge in [0.15, 0.2) is 0 Å². The molecule has 1 heterocycles. The largest absolute Gasteiger partial charge is 0.339 e. The molecule has 1 aliphatic rings. The van der Waals surface area contributed by atoms with E-state index >= 15 is 0 Å². The van der Waals surface area contributed by atoms with Gasteiger partial charge in [-0.2, -0.15) is 16.1 Å². The summed E-state index contributed by atoms with van der Waals surface area (Å²) in [7, 11) is -3.70. The van der Waals surface area contributed by atoms with E-state index in [9.17, 15) is 23.3 Å². The molecule has 0 aromatic heterocycles. The number of piperazine rings is 1. The molecule has 0 aliphatic carbocycles. The molecule has 0 N–H and O–H groups in total. The van der Waals surface area contributed by atoms with E-state index in [4.69, 9.17) is 0 Å². The van der Waals surface area contributed by atoms with Crippen molar-refractivity contribution < 1.29 is 18.1 Å². The minimum absolute atomic E-state index is 0.00452. The highest BCUT2D eigenvalue weighted by Crippen LogP contribution is 2.20. The van der Waals surface area contributed by atoms with Crippen LogP contribution in [0.1, 0.15) is 0 Å². The van der Waals surface area contributed by atoms with Gasteiger partial charge in [0.05, 0.1) is 15.6 Å². The third-order valence-corrected chi connectivity index (χ3v) is 5.99. The molecule has 8 nitrogen and oxygen atoms in total. The molecule has 0 radical (unpaired) electrons. The van der Waals surface area contributed by atoms with E-state index in [1.165, 1.54) is 40.3 Å². The fourth-order valence-electron chi connectivity index (χ4n) is 2.28. The van der Waals surface area contributed by atoms with Crippen molar-refractivity contribution in [3.05, 3.63) is 34.4 Å². The van der Waals surface area contributed by atoms with Gasteiger partial charge < -0.3 is 4.90 Å². The quantitative estimate of drug-likeness (QED) is 0.569. The minimum Gasteiger partial charge on any atom is -0.339 e. The van der Waals surface area contributed by atoms with Crippen LogP contribution in [0, 0.1) is 10.1 Å². The predicted molar refractivity (Wildman–Crippen MR) is 86.8 cm³/mol. The first-order valence-electron chi connectivity index (χ1n) is 6.87. The van der Waals surface area contributed by atoms with Crippen molar-refractivity contribution in [1.82, 2.24) is 9.21 Å². The second-order valence-electron chi connectivity index (χ2n) is 4.97. The molecule has 1 aromatic carbocycles. The Hall–Kier alpha value is -1.65. The second kappa shape index (κ2) is 7.28. The van der Waals surface area contributed by atoms with Gasteiger partial charge in [-0.3, -0.25) is 14.9 Å². The lowest BCUT2D eigenvalue weighted by atomic mass is 10.3. The number of non-ortho nitro benzene ring substituents is 1. The Kier molecular flexibility index (Phi) is 5.60. The first kappa shape index (κ1) is 17.7. The molecule has 23 heavy (non-hydrogen) atoms. The topological polar surface area (TPSA) is 101 Å². The van der Waals surface area contributed by atoms with Crippen LogP contribution in [0.4, 0.5) is 5.69 Å². The normalized spacial score (nSPS) is 16.3. The zero-order valence-electron chi connectivity index (χ0n) is 12.5. The average molecular weight is 359 g/mol. The number of rotatable bonds is 5. The van der Waals surface area contributed by atoms with Gasteiger partial charge in [0, 0.05) is 38.3 Å². The lowest BCUT2D eigenvalue weighted by Crippen LogP contribution is -2.50. The third-order valence-electron chi connectivity index (χ3n) is 3.54. The van der Waals surface area contributed by atoms with Crippen LogP contribution >= 0.6 is 11.8 Å². The lowest BCUT2D eigenvalue weighted by molar-refractivity contribution is -0.384. The first-order chi connectivity index (χ1) is 10.9. The number of nitro groups is 1. The van der Waals surface area contributed by atoms with Crippen molar-refractivity contribution in [3.8, 4) is 0 Å². The molecule has 0 bridgehead atoms. The fourth-order valence-corrected chi connectivity index (χ4v) is 4.13. The predicted octanol–water partition coefficient (Wildman–Crippen LogP) is 0.791. The van der Waals surface area contributed by atoms with Crippen LogP contribution < -0.4 is 0 Å². The second-order valence-corrected chi connectivity index (χ2v) is 7.77. The van der Waals surface area contributed by atoms with Gasteiger partial charge in [-0.1, -0.05) is 0 Å². The maximum atomic E-state index is 12.5. The van der Waals surface area contributed by atoms with Crippen LogP contribution in [0.15, 0.2) is 29.2 Å². The van der Waals surface area contributed by atoms with Crippen molar-refractivity contribution in [2.75, 3.05) is 38.2 Å². The van der Waals surface area contributed by atoms with Crippen molar-refractivity contribution in [2.45, 2.75) is 4.90 Å². The van der Waals surface area contributed by atoms with E-state index in [2.05, 4.69) is 0 Å². The molecule has 1 aromatic rings. The molecular weight excluding hydrogens is 342 g/mol. The van der Waals surface area contributed by atoms with Crippen LogP contribution in [0.2, 0.25) is 0 Å². The molecule has 0 saturated carbocycles. The van der Waals surface area contributed by atoms with Crippen molar-refractivity contribution in [1.29, 1.82) is 0 Å². The van der Waals surface area contributed by atoms with Gasteiger partial charge in [0.25, 0.3) is 5.69 Å². The Labute approximate surface area is 138 Å². The van der Waals surface area contributed by atoms with Gasteiger partial charge in [-0.15, -0.1) is 0 Å². The summed E-state index contributed by atoms with van der Waals surface area (Å²) in [5.74, 6) is 0.389. The van der Waals surface area contributed by atoms with Crippen LogP contribution in [0.3, 0.4) is 0 Å². The number of hydrogen-bond donors (Lipinski definition) is 0. The molecule has 0 unspecified atom stereocenters. The number of carbonyl (C=O) groups is 1. The Morgan fingerprint density at radius 3 is 2.26 bits per heavy atom. The molecule has 0 spiro atoms. The molecule has 0 atom stereocenters. The summed E-state index contributed by atoms with van der Waals surface area (Å²) in [6.07, 6.45) is 1.84. The molecule has 1 aliphatic heterocycles. The zero-order chi connectivity index (χ0) is 17.0. The summed E-state index contributed by atoms with van der Waals surface area (Å²) in [6.45, 7) is 1.15. The first-order valence-corrected chi connectivity index (χ1v) is 9.71. The van der Waals surface area contributed by atoms with E-state index in [1.807, 2.05) is 6.26 Å². The molecule has 1 saturated heterocycles. The van der Waals surface area contributed by atoms with Crippen LogP contribution in [-0.2, 0) is 14.8 Å². The third kappa shape index (κ3) is 4.01. The Bertz CT molecular complexity index is 682. The smallest absolute Gasteiger partial charge is 0.269 e. The van der Waals surface area contributed by atoms with Gasteiger partial charge in [0.2, 0.25) is 15.9 Å². The van der Waals surface area contributed by atoms with Crippen molar-refractivity contribution in [3.63, 3.8) is 0 Å². The van der Waals surface area contributed by atoms with Crippen molar-refractivity contribution >= 4 is 33.4 Å². The number of hydrogen-bond acceptors (Lipinski definition) is 6. The Morgan fingerprint density at radius 1 is 1.22 bits per heavy atom. The SMILES string of the molecule is CSCC(=O)N1CCN(S(=O)(=O)c2ccc([N+](=O)[O-])cc2)CC1. The Balaban J connectivity index is 2.07. The maximum Gasteiger partial charge on any atom is 0.269 e. The number of benzene rings is 1. The van der Waals surface area contributed by atoms with E-state index < -0.39 is 14.9 Å². The molecule has 10 heteroatoms. The van der Waals surface area contributed by atoms with E-state index in [0.717, 1.165) is 0 Å². The van der Waals surface area contributed by atoms with Crippen LogP contribution in [-0.4, -0.2) is 66.6 Å². The monoisotopic (exact) mass is 359 g/mol. The highest BCUT2D eigenvalue weighted by Gasteiger charge is 2.30. The number of nitro benzene ring substituents is 1. The summed E-state index contributed by atoms with van der Waals surface area (Å²) in [5.41, 5.74) is -0.156. The van der Waals surface area contributed by atoms with Gasteiger partial charge >= 0.3 is 0 Å². The highest BCUT2D eigenvalue weighted by atomic mass is 32.2. The summed E-state index contributed by atoms with van der Waals surface area (Å²) >= 11 is 1.43. The van der Waals surface area contributed by atoms with E-state index in [0.29, 0.717) is 18.8 Å². The number of sulfonamides is 1. The van der Waals surface area contributed by atoms with E-state index in [-0.39, 0.29) is 29.6 Å². The average Bonchev–Trinajstić information content (AvgIpc) is 2.55. The number of nitrogens with zero attached hydrogens (tertiary/aromatic N) is 3. The van der Waals surface area contributed by atoms with Gasteiger partial charge in [-0.25, -0.2) is 8.42 Å². The minimum atomic E-state index is -3.70. The lowest BCUT2D eigenvalue weighted by Gasteiger charge is -2.33. The standard InChI is InChI=1S/C13H17N3O5S2/c1-22-10-13(17)14-6-8-15(9-7-14)23(20,21)12-4-2-11(3-5-12)16(18)19/h2-5H,6-10H2,1H3. The zero-order valence-corrected chi connectivity index (χ0v) is 14.2. The van der Waals surface area contributed by atoms with Gasteiger partial charge in [0.1, 0.15) is 0 Å². The van der Waals surface area contributed by atoms with Gasteiger partial charge in [-0.05, 0) is 18.4 Å². The highest BCUT2D eigenvalue weighted by molar-refractivity contribution is 7.99. The maximum absolute atomic E-state index is 12.5. The fraction of sp³-hybridized carbons (Fsp3) is 0.462. The summed E-state index contributed by atoms with van der Waals surface area (Å²) in [6, 6.07) is 4.81. The number of amides is 1. The van der Waals surface area contributed by atoms with Crippen LogP contribution in [0.5, 0.6) is 0 Å². The molecule has 2 rings (SSSR count). The molecule has 126 valence electrons. The summed E-state index contributed by atoms with van der Waals surface area (Å²) < 4.78 is 26.3.